The van der Waals surface area contributed by atoms with Gasteiger partial charge in [-0.25, -0.2) is 0 Å². The van der Waals surface area contributed by atoms with Crippen LogP contribution in [0.25, 0.3) is 0 Å². The second-order valence-electron chi connectivity index (χ2n) is 7.61. The smallest absolute Gasteiger partial charge is 0.323 e. The van der Waals surface area contributed by atoms with Crippen LogP contribution in [-0.4, -0.2) is 34.2 Å². The summed E-state index contributed by atoms with van der Waals surface area (Å²) in [5.41, 5.74) is 0.242. The Morgan fingerprint density at radius 1 is 1.29 bits per heavy atom. The fourth-order valence-electron chi connectivity index (χ4n) is 3.24. The lowest BCUT2D eigenvalue weighted by molar-refractivity contribution is -0.157. The van der Waals surface area contributed by atoms with Crippen molar-refractivity contribution in [2.75, 3.05) is 0 Å². The van der Waals surface area contributed by atoms with E-state index in [2.05, 4.69) is 5.32 Å². The number of nitrogens with one attached hydrogen (secondary N) is 1. The molecule has 24 heavy (non-hydrogen) atoms. The molecule has 2 rings (SSSR count). The Kier molecular flexibility index (Phi) is 5.65. The molecule has 0 radical (unpaired) electrons. The molecule has 1 aliphatic rings. The van der Waals surface area contributed by atoms with Gasteiger partial charge in [-0.05, 0) is 52.0 Å². The number of carboxylic acids is 1. The van der Waals surface area contributed by atoms with Crippen LogP contribution >= 0.6 is 0 Å². The van der Waals surface area contributed by atoms with E-state index in [1.165, 1.54) is 0 Å². The van der Waals surface area contributed by atoms with Crippen molar-refractivity contribution in [1.82, 2.24) is 5.32 Å². The molecule has 1 aliphatic heterocycles. The SMILES string of the molecule is CC(C)(C)OC(=O)[C@@H]1CC[C@@](CCC(=O)O)(Cc2ccccc2)N1. The lowest BCUT2D eigenvalue weighted by Crippen LogP contribution is -2.49. The van der Waals surface area contributed by atoms with Gasteiger partial charge in [-0.2, -0.15) is 0 Å². The largest absolute Gasteiger partial charge is 0.481 e. The maximum absolute atomic E-state index is 12.3. The predicted octanol–water partition coefficient (Wildman–Crippen LogP) is 2.93. The van der Waals surface area contributed by atoms with Crippen molar-refractivity contribution in [1.29, 1.82) is 0 Å². The molecule has 1 heterocycles. The van der Waals surface area contributed by atoms with Crippen molar-refractivity contribution >= 4 is 11.9 Å². The number of carbonyl (C=O) groups excluding carboxylic acids is 1. The summed E-state index contributed by atoms with van der Waals surface area (Å²) in [6.45, 7) is 5.55. The van der Waals surface area contributed by atoms with E-state index in [4.69, 9.17) is 9.84 Å². The van der Waals surface area contributed by atoms with Crippen molar-refractivity contribution in [3.05, 3.63) is 35.9 Å². The van der Waals surface area contributed by atoms with Gasteiger partial charge in [0.15, 0.2) is 0 Å². The number of benzene rings is 1. The van der Waals surface area contributed by atoms with E-state index in [9.17, 15) is 9.59 Å². The van der Waals surface area contributed by atoms with E-state index in [1.54, 1.807) is 0 Å². The first-order valence-electron chi connectivity index (χ1n) is 8.45. The van der Waals surface area contributed by atoms with Gasteiger partial charge in [0.05, 0.1) is 0 Å². The van der Waals surface area contributed by atoms with E-state index in [1.807, 2.05) is 51.1 Å². The number of carboxylic acid groups (broad SMARTS) is 1. The number of carbonyl (C=O) groups is 2. The average molecular weight is 333 g/mol. The minimum Gasteiger partial charge on any atom is -0.481 e. The van der Waals surface area contributed by atoms with Crippen molar-refractivity contribution in [2.45, 2.75) is 70.1 Å². The van der Waals surface area contributed by atoms with Gasteiger partial charge in [0.2, 0.25) is 0 Å². The minimum atomic E-state index is -0.815. The van der Waals surface area contributed by atoms with Crippen LogP contribution in [0.1, 0.15) is 52.0 Å². The molecule has 0 aliphatic carbocycles. The second-order valence-corrected chi connectivity index (χ2v) is 7.61. The number of hydrogen-bond acceptors (Lipinski definition) is 4. The standard InChI is InChI=1S/C19H27NO4/c1-18(2,3)24-17(23)15-9-11-19(20-15,12-10-16(21)22)13-14-7-5-4-6-8-14/h4-8,15,20H,9-13H2,1-3H3,(H,21,22)/t15-,19+/m0/s1. The lowest BCUT2D eigenvalue weighted by Gasteiger charge is -2.31. The zero-order valence-corrected chi connectivity index (χ0v) is 14.7. The molecule has 0 amide bonds. The molecule has 1 aromatic rings. The summed E-state index contributed by atoms with van der Waals surface area (Å²) in [5, 5.41) is 12.5. The molecule has 2 N–H and O–H groups in total. The fourth-order valence-corrected chi connectivity index (χ4v) is 3.24. The summed E-state index contributed by atoms with van der Waals surface area (Å²) < 4.78 is 5.47. The molecule has 1 fully saturated rings. The van der Waals surface area contributed by atoms with Gasteiger partial charge in [-0.15, -0.1) is 0 Å². The zero-order valence-electron chi connectivity index (χ0n) is 14.7. The van der Waals surface area contributed by atoms with E-state index in [0.29, 0.717) is 19.3 Å². The van der Waals surface area contributed by atoms with Crippen LogP contribution in [0.5, 0.6) is 0 Å². The highest BCUT2D eigenvalue weighted by Crippen LogP contribution is 2.32. The summed E-state index contributed by atoms with van der Waals surface area (Å²) in [7, 11) is 0. The third-order valence-corrected chi connectivity index (χ3v) is 4.29. The second kappa shape index (κ2) is 7.34. The quantitative estimate of drug-likeness (QED) is 0.783. The Balaban J connectivity index is 2.10. The number of hydrogen-bond donors (Lipinski definition) is 2. The maximum atomic E-state index is 12.3. The van der Waals surface area contributed by atoms with Crippen LogP contribution in [-0.2, 0) is 20.7 Å². The van der Waals surface area contributed by atoms with Crippen molar-refractivity contribution in [3.8, 4) is 0 Å². The molecule has 0 saturated carbocycles. The normalized spacial score (nSPS) is 23.9. The number of esters is 1. The molecule has 132 valence electrons. The molecule has 0 spiro atoms. The highest BCUT2D eigenvalue weighted by molar-refractivity contribution is 5.77. The molecule has 1 saturated heterocycles. The van der Waals surface area contributed by atoms with Crippen LogP contribution in [0.2, 0.25) is 0 Å². The van der Waals surface area contributed by atoms with Gasteiger partial charge in [-0.1, -0.05) is 30.3 Å². The van der Waals surface area contributed by atoms with Crippen molar-refractivity contribution < 1.29 is 19.4 Å². The summed E-state index contributed by atoms with van der Waals surface area (Å²) in [4.78, 5) is 23.4. The number of rotatable bonds is 6. The van der Waals surface area contributed by atoms with Gasteiger partial charge in [0, 0.05) is 12.0 Å². The van der Waals surface area contributed by atoms with E-state index >= 15 is 0 Å². The summed E-state index contributed by atoms with van der Waals surface area (Å²) in [5.74, 6) is -1.07. The molecule has 0 bridgehead atoms. The molecular weight excluding hydrogens is 306 g/mol. The van der Waals surface area contributed by atoms with Crippen LogP contribution in [0.15, 0.2) is 30.3 Å². The molecular formula is C19H27NO4. The summed E-state index contributed by atoms with van der Waals surface area (Å²) in [6.07, 6.45) is 2.72. The molecule has 2 atom stereocenters. The van der Waals surface area contributed by atoms with Crippen molar-refractivity contribution in [2.24, 2.45) is 0 Å². The Morgan fingerprint density at radius 3 is 2.54 bits per heavy atom. The third-order valence-electron chi connectivity index (χ3n) is 4.29. The minimum absolute atomic E-state index is 0.0842. The van der Waals surface area contributed by atoms with Gasteiger partial charge >= 0.3 is 11.9 Å². The number of aliphatic carboxylic acids is 1. The van der Waals surface area contributed by atoms with Crippen LogP contribution in [0.3, 0.4) is 0 Å². The van der Waals surface area contributed by atoms with E-state index in [-0.39, 0.29) is 24.0 Å². The van der Waals surface area contributed by atoms with Crippen LogP contribution in [0.4, 0.5) is 0 Å². The Bertz CT molecular complexity index is 579. The van der Waals surface area contributed by atoms with Gasteiger partial charge in [0.25, 0.3) is 0 Å². The summed E-state index contributed by atoms with van der Waals surface area (Å²) in [6, 6.07) is 9.59. The Labute approximate surface area is 143 Å². The molecule has 5 nitrogen and oxygen atoms in total. The molecule has 5 heteroatoms. The Hall–Kier alpha value is -1.88. The van der Waals surface area contributed by atoms with Gasteiger partial charge in [-0.3, -0.25) is 14.9 Å². The molecule has 0 unspecified atom stereocenters. The summed E-state index contributed by atoms with van der Waals surface area (Å²) >= 11 is 0. The van der Waals surface area contributed by atoms with E-state index < -0.39 is 11.6 Å². The highest BCUT2D eigenvalue weighted by Gasteiger charge is 2.42. The molecule has 1 aromatic carbocycles. The monoisotopic (exact) mass is 333 g/mol. The van der Waals surface area contributed by atoms with E-state index in [0.717, 1.165) is 12.0 Å². The highest BCUT2D eigenvalue weighted by atomic mass is 16.6. The number of ether oxygens (including phenoxy) is 1. The van der Waals surface area contributed by atoms with Gasteiger partial charge in [0.1, 0.15) is 11.6 Å². The third kappa shape index (κ3) is 5.34. The fraction of sp³-hybridized carbons (Fsp3) is 0.579. The zero-order chi connectivity index (χ0) is 17.8. The van der Waals surface area contributed by atoms with Gasteiger partial charge < -0.3 is 9.84 Å². The van der Waals surface area contributed by atoms with Crippen LogP contribution in [0, 0.1) is 0 Å². The topological polar surface area (TPSA) is 75.6 Å². The maximum Gasteiger partial charge on any atom is 0.323 e. The van der Waals surface area contributed by atoms with Crippen molar-refractivity contribution in [3.63, 3.8) is 0 Å². The lowest BCUT2D eigenvalue weighted by atomic mass is 9.85. The molecule has 0 aromatic heterocycles. The average Bonchev–Trinajstić information content (AvgIpc) is 2.89. The first-order chi connectivity index (χ1) is 11.2. The Morgan fingerprint density at radius 2 is 1.96 bits per heavy atom. The van der Waals surface area contributed by atoms with Crippen LogP contribution < -0.4 is 5.32 Å². The first kappa shape index (κ1) is 18.5. The first-order valence-corrected chi connectivity index (χ1v) is 8.45. The predicted molar refractivity (Wildman–Crippen MR) is 91.7 cm³/mol.